The lowest BCUT2D eigenvalue weighted by molar-refractivity contribution is 0.0691. The third-order valence-electron chi connectivity index (χ3n) is 2.32. The fourth-order valence-corrected chi connectivity index (χ4v) is 3.05. The number of carbonyl (C=O) groups is 1. The molecule has 17 heavy (non-hydrogen) atoms. The number of carboxylic acid groups (broad SMARTS) is 1. The average molecular weight is 268 g/mol. The zero-order chi connectivity index (χ0) is 12.3. The number of aromatic carboxylic acids is 1. The third kappa shape index (κ3) is 2.83. The Morgan fingerprint density at radius 1 is 1.59 bits per heavy atom. The summed E-state index contributed by atoms with van der Waals surface area (Å²) in [5.74, 6) is -0.988. The van der Waals surface area contributed by atoms with E-state index in [0.717, 1.165) is 6.42 Å². The number of hydrogen-bond donors (Lipinski definition) is 2. The van der Waals surface area contributed by atoms with Crippen LogP contribution >= 0.6 is 22.7 Å². The molecule has 4 nitrogen and oxygen atoms in total. The maximum absolute atomic E-state index is 10.7. The first kappa shape index (κ1) is 12.1. The molecule has 0 spiro atoms. The van der Waals surface area contributed by atoms with Gasteiger partial charge in [0, 0.05) is 10.3 Å². The van der Waals surface area contributed by atoms with Gasteiger partial charge in [-0.2, -0.15) is 0 Å². The molecule has 2 rings (SSSR count). The van der Waals surface area contributed by atoms with Crippen molar-refractivity contribution >= 4 is 33.8 Å². The monoisotopic (exact) mass is 268 g/mol. The van der Waals surface area contributed by atoms with Gasteiger partial charge in [0.1, 0.15) is 0 Å². The van der Waals surface area contributed by atoms with Crippen LogP contribution in [-0.2, 0) is 0 Å². The van der Waals surface area contributed by atoms with Gasteiger partial charge in [0.15, 0.2) is 10.8 Å². The predicted molar refractivity (Wildman–Crippen MR) is 70.0 cm³/mol. The molecule has 0 radical (unpaired) electrons. The second kappa shape index (κ2) is 5.29. The molecule has 1 atom stereocenters. The first-order valence-electron chi connectivity index (χ1n) is 5.19. The van der Waals surface area contributed by atoms with Crippen LogP contribution < -0.4 is 5.32 Å². The van der Waals surface area contributed by atoms with Crippen LogP contribution in [-0.4, -0.2) is 16.1 Å². The van der Waals surface area contributed by atoms with E-state index in [4.69, 9.17) is 5.11 Å². The van der Waals surface area contributed by atoms with E-state index in [0.29, 0.717) is 5.13 Å². The maximum Gasteiger partial charge on any atom is 0.355 e. The standard InChI is InChI=1S/C11H12N2O2S2/c1-2-7(9-4-3-5-16-9)12-11-13-8(6-17-11)10(14)15/h3-7H,2H2,1H3,(H,12,13)(H,14,15). The van der Waals surface area contributed by atoms with Crippen molar-refractivity contribution < 1.29 is 9.90 Å². The van der Waals surface area contributed by atoms with Crippen molar-refractivity contribution in [3.8, 4) is 0 Å². The average Bonchev–Trinajstić information content (AvgIpc) is 2.96. The summed E-state index contributed by atoms with van der Waals surface area (Å²) in [6.07, 6.45) is 0.933. The summed E-state index contributed by atoms with van der Waals surface area (Å²) < 4.78 is 0. The highest BCUT2D eigenvalue weighted by Crippen LogP contribution is 2.27. The van der Waals surface area contributed by atoms with Gasteiger partial charge >= 0.3 is 5.97 Å². The fraction of sp³-hybridized carbons (Fsp3) is 0.273. The molecular formula is C11H12N2O2S2. The molecule has 0 aliphatic heterocycles. The Kier molecular flexibility index (Phi) is 3.75. The lowest BCUT2D eigenvalue weighted by atomic mass is 10.2. The highest BCUT2D eigenvalue weighted by atomic mass is 32.1. The number of thiophene rings is 1. The fourth-order valence-electron chi connectivity index (χ4n) is 1.45. The molecule has 2 aromatic rings. The second-order valence-electron chi connectivity index (χ2n) is 3.46. The topological polar surface area (TPSA) is 62.2 Å². The highest BCUT2D eigenvalue weighted by Gasteiger charge is 2.14. The smallest absolute Gasteiger partial charge is 0.355 e. The van der Waals surface area contributed by atoms with E-state index < -0.39 is 5.97 Å². The summed E-state index contributed by atoms with van der Waals surface area (Å²) in [7, 11) is 0. The minimum atomic E-state index is -0.988. The number of nitrogens with one attached hydrogen (secondary N) is 1. The number of anilines is 1. The zero-order valence-corrected chi connectivity index (χ0v) is 10.8. The van der Waals surface area contributed by atoms with Crippen molar-refractivity contribution in [2.24, 2.45) is 0 Å². The molecule has 0 fully saturated rings. The lowest BCUT2D eigenvalue weighted by Gasteiger charge is -2.13. The molecule has 0 aliphatic rings. The molecule has 90 valence electrons. The Hall–Kier alpha value is -1.40. The summed E-state index contributed by atoms with van der Waals surface area (Å²) >= 11 is 3.01. The van der Waals surface area contributed by atoms with Gasteiger partial charge in [0.25, 0.3) is 0 Å². The van der Waals surface area contributed by atoms with Crippen LogP contribution in [0.4, 0.5) is 5.13 Å². The van der Waals surface area contributed by atoms with Crippen LogP contribution in [0.5, 0.6) is 0 Å². The van der Waals surface area contributed by atoms with Gasteiger partial charge in [-0.15, -0.1) is 22.7 Å². The van der Waals surface area contributed by atoms with Gasteiger partial charge in [-0.05, 0) is 17.9 Å². The van der Waals surface area contributed by atoms with Crippen LogP contribution in [0, 0.1) is 0 Å². The molecule has 2 heterocycles. The van der Waals surface area contributed by atoms with Crippen molar-refractivity contribution in [1.82, 2.24) is 4.98 Å². The SMILES string of the molecule is CCC(Nc1nc(C(=O)O)cs1)c1cccs1. The molecule has 1 unspecified atom stereocenters. The third-order valence-corrected chi connectivity index (χ3v) is 4.08. The number of aromatic nitrogens is 1. The molecule has 0 amide bonds. The van der Waals surface area contributed by atoms with E-state index in [1.165, 1.54) is 16.2 Å². The molecule has 0 bridgehead atoms. The minimum Gasteiger partial charge on any atom is -0.476 e. The van der Waals surface area contributed by atoms with E-state index in [9.17, 15) is 4.79 Å². The van der Waals surface area contributed by atoms with Crippen LogP contribution in [0.15, 0.2) is 22.9 Å². The van der Waals surface area contributed by atoms with Gasteiger partial charge in [0.05, 0.1) is 6.04 Å². The second-order valence-corrected chi connectivity index (χ2v) is 5.30. The number of hydrogen-bond acceptors (Lipinski definition) is 5. The molecule has 0 aliphatic carbocycles. The van der Waals surface area contributed by atoms with Crippen molar-refractivity contribution in [3.05, 3.63) is 33.5 Å². The van der Waals surface area contributed by atoms with Crippen LogP contribution in [0.25, 0.3) is 0 Å². The lowest BCUT2D eigenvalue weighted by Crippen LogP contribution is -2.08. The summed E-state index contributed by atoms with van der Waals surface area (Å²) in [6.45, 7) is 2.09. The first-order valence-corrected chi connectivity index (χ1v) is 6.95. The van der Waals surface area contributed by atoms with Crippen molar-refractivity contribution in [2.75, 3.05) is 5.32 Å². The Bertz CT molecular complexity index is 493. The Balaban J connectivity index is 2.10. The van der Waals surface area contributed by atoms with Gasteiger partial charge in [-0.25, -0.2) is 9.78 Å². The van der Waals surface area contributed by atoms with Crippen molar-refractivity contribution in [2.45, 2.75) is 19.4 Å². The van der Waals surface area contributed by atoms with Gasteiger partial charge in [-0.1, -0.05) is 13.0 Å². The van der Waals surface area contributed by atoms with Gasteiger partial charge < -0.3 is 10.4 Å². The largest absolute Gasteiger partial charge is 0.476 e. The molecule has 6 heteroatoms. The van der Waals surface area contributed by atoms with E-state index in [1.807, 2.05) is 11.4 Å². The molecule has 0 aromatic carbocycles. The molecular weight excluding hydrogens is 256 g/mol. The number of carboxylic acids is 1. The van der Waals surface area contributed by atoms with E-state index in [1.54, 1.807) is 16.7 Å². The Morgan fingerprint density at radius 2 is 2.41 bits per heavy atom. The van der Waals surface area contributed by atoms with Crippen molar-refractivity contribution in [1.29, 1.82) is 0 Å². The molecule has 0 saturated carbocycles. The minimum absolute atomic E-state index is 0.0959. The number of rotatable bonds is 5. The maximum atomic E-state index is 10.7. The summed E-state index contributed by atoms with van der Waals surface area (Å²) in [5, 5.41) is 16.3. The predicted octanol–water partition coefficient (Wildman–Crippen LogP) is 3.47. The quantitative estimate of drug-likeness (QED) is 0.871. The van der Waals surface area contributed by atoms with Crippen LogP contribution in [0.2, 0.25) is 0 Å². The summed E-state index contributed by atoms with van der Waals surface area (Å²) in [5.41, 5.74) is 0.0959. The Morgan fingerprint density at radius 3 is 2.94 bits per heavy atom. The van der Waals surface area contributed by atoms with E-state index in [2.05, 4.69) is 23.3 Å². The number of thiazole rings is 1. The summed E-state index contributed by atoms with van der Waals surface area (Å²) in [4.78, 5) is 16.0. The normalized spacial score (nSPS) is 12.3. The van der Waals surface area contributed by atoms with Crippen LogP contribution in [0.1, 0.15) is 34.8 Å². The molecule has 2 aromatic heterocycles. The van der Waals surface area contributed by atoms with E-state index >= 15 is 0 Å². The molecule has 0 saturated heterocycles. The van der Waals surface area contributed by atoms with Gasteiger partial charge in [-0.3, -0.25) is 0 Å². The zero-order valence-electron chi connectivity index (χ0n) is 9.21. The first-order chi connectivity index (χ1) is 8.20. The van der Waals surface area contributed by atoms with E-state index in [-0.39, 0.29) is 11.7 Å². The molecule has 2 N–H and O–H groups in total. The number of nitrogens with zero attached hydrogens (tertiary/aromatic N) is 1. The van der Waals surface area contributed by atoms with Crippen molar-refractivity contribution in [3.63, 3.8) is 0 Å². The Labute approximate surface area is 107 Å². The highest BCUT2D eigenvalue weighted by molar-refractivity contribution is 7.14. The van der Waals surface area contributed by atoms with Crippen LogP contribution in [0.3, 0.4) is 0 Å². The van der Waals surface area contributed by atoms with Gasteiger partial charge in [0.2, 0.25) is 0 Å². The summed E-state index contributed by atoms with van der Waals surface area (Å²) in [6, 6.07) is 4.27.